The third-order valence-electron chi connectivity index (χ3n) is 4.07. The van der Waals surface area contributed by atoms with Crippen molar-refractivity contribution in [1.29, 1.82) is 0 Å². The number of hydrogen-bond acceptors (Lipinski definition) is 2. The molecule has 2 rings (SSSR count). The van der Waals surface area contributed by atoms with Crippen molar-refractivity contribution in [3.8, 4) is 5.75 Å². The van der Waals surface area contributed by atoms with Gasteiger partial charge in [0.25, 0.3) is 0 Å². The minimum atomic E-state index is 0.253. The van der Waals surface area contributed by atoms with E-state index in [0.717, 1.165) is 37.2 Å². The zero-order valence-corrected chi connectivity index (χ0v) is 14.6. The molecule has 4 heteroatoms. The molecule has 0 aliphatic heterocycles. The van der Waals surface area contributed by atoms with E-state index in [1.54, 1.807) is 6.07 Å². The molecule has 0 saturated heterocycles. The summed E-state index contributed by atoms with van der Waals surface area (Å²) in [6.45, 7) is 8.31. The summed E-state index contributed by atoms with van der Waals surface area (Å²) >= 11 is 12.5. The van der Waals surface area contributed by atoms with Crippen LogP contribution in [-0.2, 0) is 6.54 Å². The SMILES string of the molecule is CCNCc1cc(Cl)cc(Cl)c1OC1CC(C)CC(C)C1. The number of benzene rings is 1. The van der Waals surface area contributed by atoms with Crippen LogP contribution in [0.25, 0.3) is 0 Å². The lowest BCUT2D eigenvalue weighted by Crippen LogP contribution is -2.29. The second kappa shape index (κ2) is 7.71. The molecule has 2 unspecified atom stereocenters. The summed E-state index contributed by atoms with van der Waals surface area (Å²) in [5, 5.41) is 4.59. The maximum Gasteiger partial charge on any atom is 0.142 e. The molecule has 0 radical (unpaired) electrons. The van der Waals surface area contributed by atoms with Gasteiger partial charge in [-0.2, -0.15) is 0 Å². The quantitative estimate of drug-likeness (QED) is 0.790. The Morgan fingerprint density at radius 3 is 2.43 bits per heavy atom. The van der Waals surface area contributed by atoms with E-state index in [2.05, 4.69) is 26.1 Å². The molecule has 0 aromatic heterocycles. The van der Waals surface area contributed by atoms with Gasteiger partial charge in [0.15, 0.2) is 0 Å². The van der Waals surface area contributed by atoms with Gasteiger partial charge in [-0.3, -0.25) is 0 Å². The highest BCUT2D eigenvalue weighted by atomic mass is 35.5. The Hall–Kier alpha value is -0.440. The molecule has 2 atom stereocenters. The highest BCUT2D eigenvalue weighted by Crippen LogP contribution is 2.37. The van der Waals surface area contributed by atoms with Crippen LogP contribution in [0.3, 0.4) is 0 Å². The first-order valence-corrected chi connectivity index (χ1v) is 8.60. The average molecular weight is 330 g/mol. The number of ether oxygens (including phenoxy) is 1. The van der Waals surface area contributed by atoms with Gasteiger partial charge in [0.05, 0.1) is 11.1 Å². The van der Waals surface area contributed by atoms with Gasteiger partial charge in [0.1, 0.15) is 5.75 Å². The van der Waals surface area contributed by atoms with Crippen LogP contribution in [0, 0.1) is 11.8 Å². The molecule has 0 bridgehead atoms. The first-order chi connectivity index (χ1) is 9.99. The number of rotatable bonds is 5. The van der Waals surface area contributed by atoms with Crippen molar-refractivity contribution < 1.29 is 4.74 Å². The number of hydrogen-bond donors (Lipinski definition) is 1. The normalized spacial score (nSPS) is 25.9. The molecule has 0 amide bonds. The van der Waals surface area contributed by atoms with Gasteiger partial charge in [0, 0.05) is 17.1 Å². The van der Waals surface area contributed by atoms with Gasteiger partial charge in [-0.25, -0.2) is 0 Å². The van der Waals surface area contributed by atoms with Crippen molar-refractivity contribution in [2.45, 2.75) is 52.7 Å². The summed E-state index contributed by atoms with van der Waals surface area (Å²) in [5.74, 6) is 2.22. The Balaban J connectivity index is 2.17. The van der Waals surface area contributed by atoms with Gasteiger partial charge >= 0.3 is 0 Å². The summed E-state index contributed by atoms with van der Waals surface area (Å²) < 4.78 is 6.28. The minimum absolute atomic E-state index is 0.253. The first-order valence-electron chi connectivity index (χ1n) is 7.84. The Bertz CT molecular complexity index is 468. The van der Waals surface area contributed by atoms with Crippen molar-refractivity contribution in [3.05, 3.63) is 27.7 Å². The van der Waals surface area contributed by atoms with Crippen LogP contribution in [0.15, 0.2) is 12.1 Å². The summed E-state index contributed by atoms with van der Waals surface area (Å²) in [5.41, 5.74) is 1.04. The van der Waals surface area contributed by atoms with E-state index < -0.39 is 0 Å². The Labute approximate surface area is 138 Å². The van der Waals surface area contributed by atoms with Gasteiger partial charge in [-0.15, -0.1) is 0 Å². The maximum atomic E-state index is 6.37. The zero-order valence-electron chi connectivity index (χ0n) is 13.1. The van der Waals surface area contributed by atoms with Crippen molar-refractivity contribution in [1.82, 2.24) is 5.32 Å². The molecular formula is C17H25Cl2NO. The zero-order chi connectivity index (χ0) is 15.4. The average Bonchev–Trinajstić information content (AvgIpc) is 2.38. The fraction of sp³-hybridized carbons (Fsp3) is 0.647. The van der Waals surface area contributed by atoms with Gasteiger partial charge in [0.2, 0.25) is 0 Å². The molecule has 1 N–H and O–H groups in total. The largest absolute Gasteiger partial charge is 0.489 e. The van der Waals surface area contributed by atoms with Crippen LogP contribution in [0.1, 0.15) is 45.6 Å². The fourth-order valence-corrected chi connectivity index (χ4v) is 3.85. The predicted molar refractivity (Wildman–Crippen MR) is 90.4 cm³/mol. The van der Waals surface area contributed by atoms with E-state index in [9.17, 15) is 0 Å². The van der Waals surface area contributed by atoms with Crippen LogP contribution in [0.4, 0.5) is 0 Å². The van der Waals surface area contributed by atoms with E-state index in [-0.39, 0.29) is 6.10 Å². The Kier molecular flexibility index (Phi) is 6.21. The highest BCUT2D eigenvalue weighted by Gasteiger charge is 2.26. The van der Waals surface area contributed by atoms with Crippen molar-refractivity contribution >= 4 is 23.2 Å². The monoisotopic (exact) mass is 329 g/mol. The summed E-state index contributed by atoms with van der Waals surface area (Å²) in [6.07, 6.45) is 3.74. The highest BCUT2D eigenvalue weighted by molar-refractivity contribution is 6.35. The minimum Gasteiger partial charge on any atom is -0.489 e. The topological polar surface area (TPSA) is 21.3 Å². The van der Waals surface area contributed by atoms with E-state index >= 15 is 0 Å². The molecule has 0 heterocycles. The smallest absolute Gasteiger partial charge is 0.142 e. The number of halogens is 2. The molecule has 1 saturated carbocycles. The summed E-state index contributed by atoms with van der Waals surface area (Å²) in [7, 11) is 0. The lowest BCUT2D eigenvalue weighted by molar-refractivity contribution is 0.100. The second-order valence-corrected chi connectivity index (χ2v) is 7.16. The van der Waals surface area contributed by atoms with Gasteiger partial charge in [-0.1, -0.05) is 44.0 Å². The van der Waals surface area contributed by atoms with Crippen LogP contribution in [0.2, 0.25) is 10.0 Å². The van der Waals surface area contributed by atoms with E-state index in [1.807, 2.05) is 6.07 Å². The van der Waals surface area contributed by atoms with E-state index in [1.165, 1.54) is 6.42 Å². The Morgan fingerprint density at radius 1 is 1.14 bits per heavy atom. The fourth-order valence-electron chi connectivity index (χ4n) is 3.27. The molecule has 1 aromatic rings. The maximum absolute atomic E-state index is 6.37. The van der Waals surface area contributed by atoms with Crippen molar-refractivity contribution in [3.63, 3.8) is 0 Å². The predicted octanol–water partition coefficient (Wildman–Crippen LogP) is 5.31. The van der Waals surface area contributed by atoms with Gasteiger partial charge < -0.3 is 10.1 Å². The van der Waals surface area contributed by atoms with Crippen molar-refractivity contribution in [2.75, 3.05) is 6.54 Å². The van der Waals surface area contributed by atoms with Gasteiger partial charge in [-0.05, 0) is 49.8 Å². The molecule has 118 valence electrons. The first kappa shape index (κ1) is 16.9. The van der Waals surface area contributed by atoms with Crippen LogP contribution < -0.4 is 10.1 Å². The van der Waals surface area contributed by atoms with E-state index in [0.29, 0.717) is 21.9 Å². The number of nitrogens with one attached hydrogen (secondary N) is 1. The van der Waals surface area contributed by atoms with Crippen LogP contribution in [-0.4, -0.2) is 12.6 Å². The lowest BCUT2D eigenvalue weighted by Gasteiger charge is -2.32. The molecule has 2 nitrogen and oxygen atoms in total. The molecule has 0 spiro atoms. The molecule has 1 aliphatic rings. The lowest BCUT2D eigenvalue weighted by atomic mass is 9.82. The second-order valence-electron chi connectivity index (χ2n) is 6.31. The van der Waals surface area contributed by atoms with Crippen molar-refractivity contribution in [2.24, 2.45) is 11.8 Å². The standard InChI is InChI=1S/C17H25Cl2NO/c1-4-20-10-13-8-14(18)9-16(19)17(13)21-15-6-11(2)5-12(3)7-15/h8-9,11-12,15,20H,4-7,10H2,1-3H3. The van der Waals surface area contributed by atoms with E-state index in [4.69, 9.17) is 27.9 Å². The Morgan fingerprint density at radius 2 is 1.81 bits per heavy atom. The molecule has 1 fully saturated rings. The molecule has 1 aliphatic carbocycles. The third-order valence-corrected chi connectivity index (χ3v) is 4.57. The summed E-state index contributed by atoms with van der Waals surface area (Å²) in [6, 6.07) is 3.71. The molecular weight excluding hydrogens is 305 g/mol. The molecule has 21 heavy (non-hydrogen) atoms. The van der Waals surface area contributed by atoms with Crippen LogP contribution in [0.5, 0.6) is 5.75 Å². The van der Waals surface area contributed by atoms with Crippen LogP contribution >= 0.6 is 23.2 Å². The summed E-state index contributed by atoms with van der Waals surface area (Å²) in [4.78, 5) is 0. The third kappa shape index (κ3) is 4.77. The molecule has 1 aromatic carbocycles.